The third-order valence-electron chi connectivity index (χ3n) is 4.17. The lowest BCUT2D eigenvalue weighted by Gasteiger charge is -2.07. The van der Waals surface area contributed by atoms with Crippen molar-refractivity contribution >= 4 is 22.2 Å². The van der Waals surface area contributed by atoms with Gasteiger partial charge in [0.2, 0.25) is 4.96 Å². The zero-order valence-corrected chi connectivity index (χ0v) is 15.0. The fourth-order valence-electron chi connectivity index (χ4n) is 2.62. The number of rotatable bonds is 5. The number of aryl methyl sites for hydroxylation is 1. The van der Waals surface area contributed by atoms with E-state index in [1.54, 1.807) is 10.8 Å². The van der Waals surface area contributed by atoms with Crippen molar-refractivity contribution in [1.82, 2.24) is 25.1 Å². The lowest BCUT2D eigenvalue weighted by molar-refractivity contribution is 0.0951. The van der Waals surface area contributed by atoms with Gasteiger partial charge < -0.3 is 5.32 Å². The number of amides is 1. The Morgan fingerprint density at radius 1 is 1.08 bits per heavy atom. The van der Waals surface area contributed by atoms with Crippen molar-refractivity contribution < 1.29 is 4.79 Å². The number of hydrogen-bond acceptors (Lipinski definition) is 5. The highest BCUT2D eigenvalue weighted by Crippen LogP contribution is 2.24. The summed E-state index contributed by atoms with van der Waals surface area (Å²) in [5.41, 5.74) is 3.96. The van der Waals surface area contributed by atoms with Crippen LogP contribution in [0.3, 0.4) is 0 Å². The van der Waals surface area contributed by atoms with Crippen molar-refractivity contribution in [2.24, 2.45) is 0 Å². The first-order valence-corrected chi connectivity index (χ1v) is 9.18. The quantitative estimate of drug-likeness (QED) is 0.590. The zero-order valence-electron chi connectivity index (χ0n) is 14.2. The molecule has 0 spiro atoms. The molecule has 26 heavy (non-hydrogen) atoms. The van der Waals surface area contributed by atoms with E-state index in [2.05, 4.69) is 27.5 Å². The van der Waals surface area contributed by atoms with Gasteiger partial charge in [0, 0.05) is 17.7 Å². The van der Waals surface area contributed by atoms with Gasteiger partial charge >= 0.3 is 0 Å². The van der Waals surface area contributed by atoms with Crippen LogP contribution in [-0.4, -0.2) is 25.7 Å². The number of carbonyl (C=O) groups excluding carboxylic acids is 1. The molecule has 0 fully saturated rings. The first-order chi connectivity index (χ1) is 12.7. The molecule has 2 aromatic heterocycles. The second-order valence-electron chi connectivity index (χ2n) is 5.90. The van der Waals surface area contributed by atoms with Crippen LogP contribution >= 0.6 is 11.3 Å². The van der Waals surface area contributed by atoms with Crippen LogP contribution in [0.4, 0.5) is 0 Å². The summed E-state index contributed by atoms with van der Waals surface area (Å²) < 4.78 is 1.66. The van der Waals surface area contributed by atoms with E-state index >= 15 is 0 Å². The number of aromatic nitrogens is 4. The maximum atomic E-state index is 12.2. The summed E-state index contributed by atoms with van der Waals surface area (Å²) in [5, 5.41) is 16.1. The summed E-state index contributed by atoms with van der Waals surface area (Å²) in [7, 11) is 0. The van der Waals surface area contributed by atoms with Gasteiger partial charge in [-0.05, 0) is 29.7 Å². The smallest absolute Gasteiger partial charge is 0.251 e. The monoisotopic (exact) mass is 363 g/mol. The van der Waals surface area contributed by atoms with E-state index in [0.717, 1.165) is 27.5 Å². The van der Waals surface area contributed by atoms with Gasteiger partial charge in [-0.25, -0.2) is 0 Å². The Hall–Kier alpha value is -3.06. The average molecular weight is 363 g/mol. The molecule has 0 atom stereocenters. The Labute approximate surface area is 154 Å². The van der Waals surface area contributed by atoms with Crippen LogP contribution in [0.25, 0.3) is 15.5 Å². The van der Waals surface area contributed by atoms with Crippen LogP contribution in [-0.2, 0) is 13.0 Å². The van der Waals surface area contributed by atoms with E-state index in [-0.39, 0.29) is 5.91 Å². The van der Waals surface area contributed by atoms with Crippen LogP contribution in [0.1, 0.15) is 28.4 Å². The van der Waals surface area contributed by atoms with Crippen molar-refractivity contribution in [2.45, 2.75) is 19.9 Å². The number of carbonyl (C=O) groups is 1. The molecule has 2 heterocycles. The predicted molar refractivity (Wildman–Crippen MR) is 101 cm³/mol. The summed E-state index contributed by atoms with van der Waals surface area (Å²) in [4.78, 5) is 13.0. The Bertz CT molecular complexity index is 1010. The molecule has 4 rings (SSSR count). The van der Waals surface area contributed by atoms with E-state index in [4.69, 9.17) is 0 Å². The molecule has 0 aliphatic carbocycles. The largest absolute Gasteiger partial charge is 0.348 e. The normalized spacial score (nSPS) is 11.0. The predicted octanol–water partition coefficient (Wildman–Crippen LogP) is 3.35. The van der Waals surface area contributed by atoms with Crippen LogP contribution in [0.15, 0.2) is 54.9 Å². The highest BCUT2D eigenvalue weighted by Gasteiger charge is 2.08. The summed E-state index contributed by atoms with van der Waals surface area (Å²) in [6.07, 6.45) is 2.56. The Morgan fingerprint density at radius 2 is 1.81 bits per heavy atom. The summed E-state index contributed by atoms with van der Waals surface area (Å²) in [6, 6.07) is 15.7. The molecule has 130 valence electrons. The van der Waals surface area contributed by atoms with Gasteiger partial charge in [-0.2, -0.15) is 9.61 Å². The van der Waals surface area contributed by atoms with E-state index < -0.39 is 0 Å². The number of benzene rings is 2. The van der Waals surface area contributed by atoms with Gasteiger partial charge in [0.15, 0.2) is 0 Å². The maximum Gasteiger partial charge on any atom is 0.251 e. The van der Waals surface area contributed by atoms with Gasteiger partial charge in [-0.1, -0.05) is 54.7 Å². The molecule has 0 aliphatic rings. The fraction of sp³-hybridized carbons (Fsp3) is 0.158. The fourth-order valence-corrected chi connectivity index (χ4v) is 3.44. The van der Waals surface area contributed by atoms with Gasteiger partial charge in [-0.3, -0.25) is 4.79 Å². The first kappa shape index (κ1) is 16.4. The average Bonchev–Trinajstić information content (AvgIpc) is 3.29. The third-order valence-corrected chi connectivity index (χ3v) is 5.13. The molecule has 7 heteroatoms. The molecule has 6 nitrogen and oxygen atoms in total. The highest BCUT2D eigenvalue weighted by molar-refractivity contribution is 7.19. The Morgan fingerprint density at radius 3 is 2.50 bits per heavy atom. The Balaban J connectivity index is 1.40. The van der Waals surface area contributed by atoms with Crippen LogP contribution in [0, 0.1) is 0 Å². The van der Waals surface area contributed by atoms with Gasteiger partial charge in [0.05, 0.1) is 0 Å². The topological polar surface area (TPSA) is 72.2 Å². The van der Waals surface area contributed by atoms with Gasteiger partial charge in [0.25, 0.3) is 5.91 Å². The molecule has 4 aromatic rings. The first-order valence-electron chi connectivity index (χ1n) is 8.36. The third kappa shape index (κ3) is 3.34. The van der Waals surface area contributed by atoms with Gasteiger partial charge in [-0.15, -0.1) is 10.2 Å². The molecule has 1 N–H and O–H groups in total. The lowest BCUT2D eigenvalue weighted by atomic mass is 10.1. The molecule has 0 unspecified atom stereocenters. The Kier molecular flexibility index (Phi) is 4.45. The molecule has 0 bridgehead atoms. The molecule has 0 aliphatic heterocycles. The highest BCUT2D eigenvalue weighted by atomic mass is 32.1. The second-order valence-corrected chi connectivity index (χ2v) is 6.85. The number of nitrogens with zero attached hydrogens (tertiary/aromatic N) is 4. The minimum atomic E-state index is -0.0645. The van der Waals surface area contributed by atoms with E-state index in [1.807, 2.05) is 48.5 Å². The van der Waals surface area contributed by atoms with E-state index in [9.17, 15) is 4.79 Å². The standard InChI is InChI=1S/C19H17N5OS/c1-2-13-3-7-15(8-4-13)17(25)20-11-14-5-9-16(10-6-14)18-23-24-12-21-22-19(24)26-18/h3-10,12H,2,11H2,1H3,(H,20,25). The van der Waals surface area contributed by atoms with Crippen molar-refractivity contribution in [2.75, 3.05) is 0 Å². The minimum Gasteiger partial charge on any atom is -0.348 e. The SMILES string of the molecule is CCc1ccc(C(=O)NCc2ccc(-c3nn4cnnc4s3)cc2)cc1. The van der Waals surface area contributed by atoms with Crippen molar-refractivity contribution in [3.8, 4) is 10.6 Å². The number of fused-ring (bicyclic) bond motifs is 1. The van der Waals surface area contributed by atoms with Crippen molar-refractivity contribution in [3.63, 3.8) is 0 Å². The van der Waals surface area contributed by atoms with Crippen LogP contribution < -0.4 is 5.32 Å². The lowest BCUT2D eigenvalue weighted by Crippen LogP contribution is -2.22. The second kappa shape index (κ2) is 7.05. The number of hydrogen-bond donors (Lipinski definition) is 1. The molecule has 0 saturated heterocycles. The molecule has 0 radical (unpaired) electrons. The van der Waals surface area contributed by atoms with E-state index in [1.165, 1.54) is 16.9 Å². The van der Waals surface area contributed by atoms with E-state index in [0.29, 0.717) is 12.1 Å². The van der Waals surface area contributed by atoms with Gasteiger partial charge in [0.1, 0.15) is 11.3 Å². The zero-order chi connectivity index (χ0) is 17.9. The minimum absolute atomic E-state index is 0.0645. The number of nitrogens with one attached hydrogen (secondary N) is 1. The maximum absolute atomic E-state index is 12.2. The molecule has 2 aromatic carbocycles. The van der Waals surface area contributed by atoms with Crippen LogP contribution in [0.5, 0.6) is 0 Å². The molecular weight excluding hydrogens is 346 g/mol. The van der Waals surface area contributed by atoms with Crippen LogP contribution in [0.2, 0.25) is 0 Å². The molecule has 0 saturated carbocycles. The summed E-state index contributed by atoms with van der Waals surface area (Å²) in [6.45, 7) is 2.58. The summed E-state index contributed by atoms with van der Waals surface area (Å²) in [5.74, 6) is -0.0645. The molecule has 1 amide bonds. The molecular formula is C19H17N5OS. The van der Waals surface area contributed by atoms with Crippen molar-refractivity contribution in [1.29, 1.82) is 0 Å². The summed E-state index contributed by atoms with van der Waals surface area (Å²) >= 11 is 1.49. The van der Waals surface area contributed by atoms with Crippen molar-refractivity contribution in [3.05, 3.63) is 71.5 Å².